The molecule has 0 saturated heterocycles. The fourth-order valence-electron chi connectivity index (χ4n) is 2.58. The van der Waals surface area contributed by atoms with E-state index in [0.717, 1.165) is 34.7 Å². The number of aryl methyl sites for hydroxylation is 1. The summed E-state index contributed by atoms with van der Waals surface area (Å²) in [5.41, 5.74) is 3.97. The van der Waals surface area contributed by atoms with E-state index in [2.05, 4.69) is 48.4 Å². The normalized spacial score (nSPS) is 12.1. The molecule has 3 rings (SSSR count). The van der Waals surface area contributed by atoms with Gasteiger partial charge in [0.2, 0.25) is 5.91 Å². The van der Waals surface area contributed by atoms with Crippen molar-refractivity contribution >= 4 is 33.7 Å². The lowest BCUT2D eigenvalue weighted by atomic mass is 9.97. The van der Waals surface area contributed by atoms with Gasteiger partial charge in [0.05, 0.1) is 5.69 Å². The first-order valence-electron chi connectivity index (χ1n) is 8.48. The Balaban J connectivity index is 1.68. The number of benzene rings is 1. The number of nitrogens with zero attached hydrogens (tertiary/aromatic N) is 2. The summed E-state index contributed by atoms with van der Waals surface area (Å²) < 4.78 is 1.46. The summed E-state index contributed by atoms with van der Waals surface area (Å²) in [4.78, 5) is 28.3. The highest BCUT2D eigenvalue weighted by Crippen LogP contribution is 2.27. The highest BCUT2D eigenvalue weighted by Gasteiger charge is 2.12. The molecule has 0 fully saturated rings. The maximum absolute atomic E-state index is 12.2. The topological polar surface area (TPSA) is 64.0 Å². The van der Waals surface area contributed by atoms with Crippen LogP contribution in [0.5, 0.6) is 0 Å². The average Bonchev–Trinajstić information content (AvgIpc) is 3.23. The molecule has 2 heterocycles. The predicted octanol–water partition coefficient (Wildman–Crippen LogP) is 4.49. The summed E-state index contributed by atoms with van der Waals surface area (Å²) in [7, 11) is 0. The van der Waals surface area contributed by atoms with E-state index >= 15 is 0 Å². The van der Waals surface area contributed by atoms with Crippen LogP contribution in [-0.2, 0) is 11.3 Å². The molecule has 2 aromatic heterocycles. The van der Waals surface area contributed by atoms with Crippen LogP contribution in [0.3, 0.4) is 0 Å². The Labute approximate surface area is 160 Å². The second-order valence-corrected chi connectivity index (χ2v) is 7.93. The van der Waals surface area contributed by atoms with Gasteiger partial charge in [0.15, 0.2) is 5.13 Å². The van der Waals surface area contributed by atoms with Gasteiger partial charge in [-0.3, -0.25) is 14.2 Å². The number of rotatable bonds is 6. The van der Waals surface area contributed by atoms with Gasteiger partial charge >= 0.3 is 4.87 Å². The second-order valence-electron chi connectivity index (χ2n) is 6.25. The standard InChI is InChI=1S/C19H21N3O2S2/c1-4-12(2)14-5-7-15(8-6-14)16-11-25-18(20-16)21-17(23)9-22-13(3)10-26-19(22)24/h5-8,10-12H,4,9H2,1-3H3,(H,20,21,23)/t12-/m0/s1. The fraction of sp³-hybridized carbons (Fsp3) is 0.316. The molecule has 0 aliphatic rings. The van der Waals surface area contributed by atoms with Crippen LogP contribution < -0.4 is 10.2 Å². The van der Waals surface area contributed by atoms with Gasteiger partial charge in [-0.1, -0.05) is 49.4 Å². The summed E-state index contributed by atoms with van der Waals surface area (Å²) >= 11 is 2.48. The number of carbonyl (C=O) groups is 1. The van der Waals surface area contributed by atoms with Gasteiger partial charge in [-0.2, -0.15) is 0 Å². The number of nitrogens with one attached hydrogen (secondary N) is 1. The number of aromatic nitrogens is 2. The van der Waals surface area contributed by atoms with Crippen LogP contribution in [0.2, 0.25) is 0 Å². The average molecular weight is 388 g/mol. The summed E-state index contributed by atoms with van der Waals surface area (Å²) in [5, 5.41) is 6.99. The SMILES string of the molecule is CC[C@H](C)c1ccc(-c2csc(NC(=O)Cn3c(C)csc3=O)n2)cc1. The molecule has 3 aromatic rings. The zero-order valence-corrected chi connectivity index (χ0v) is 16.6. The third kappa shape index (κ3) is 4.11. The highest BCUT2D eigenvalue weighted by molar-refractivity contribution is 7.14. The molecule has 7 heteroatoms. The van der Waals surface area contributed by atoms with E-state index in [1.54, 1.807) is 5.38 Å². The summed E-state index contributed by atoms with van der Waals surface area (Å²) in [5.74, 6) is 0.292. The molecule has 0 aliphatic heterocycles. The van der Waals surface area contributed by atoms with Crippen LogP contribution in [0.4, 0.5) is 5.13 Å². The lowest BCUT2D eigenvalue weighted by Crippen LogP contribution is -2.25. The number of thiazole rings is 2. The van der Waals surface area contributed by atoms with E-state index in [9.17, 15) is 9.59 Å². The minimum absolute atomic E-state index is 0.00663. The lowest BCUT2D eigenvalue weighted by Gasteiger charge is -2.08. The maximum atomic E-state index is 12.2. The van der Waals surface area contributed by atoms with Gasteiger partial charge in [-0.15, -0.1) is 11.3 Å². The summed E-state index contributed by atoms with van der Waals surface area (Å²) in [6.07, 6.45) is 1.11. The van der Waals surface area contributed by atoms with Crippen LogP contribution in [0, 0.1) is 6.92 Å². The Hall–Kier alpha value is -2.25. The van der Waals surface area contributed by atoms with Crippen LogP contribution in [0.1, 0.15) is 37.4 Å². The van der Waals surface area contributed by atoms with Crippen LogP contribution >= 0.6 is 22.7 Å². The largest absolute Gasteiger partial charge is 0.307 e. The summed E-state index contributed by atoms with van der Waals surface area (Å²) in [6.45, 7) is 6.22. The third-order valence-corrected chi connectivity index (χ3v) is 6.06. The number of carbonyl (C=O) groups excluding carboxylic acids is 1. The van der Waals surface area contributed by atoms with E-state index in [-0.39, 0.29) is 17.3 Å². The first-order valence-corrected chi connectivity index (χ1v) is 10.2. The molecule has 136 valence electrons. The van der Waals surface area contributed by atoms with E-state index in [0.29, 0.717) is 11.0 Å². The van der Waals surface area contributed by atoms with Crippen molar-refractivity contribution in [1.29, 1.82) is 0 Å². The van der Waals surface area contributed by atoms with Crippen molar-refractivity contribution < 1.29 is 4.79 Å². The number of amides is 1. The van der Waals surface area contributed by atoms with E-state index in [1.165, 1.54) is 21.5 Å². The maximum Gasteiger partial charge on any atom is 0.307 e. The molecule has 26 heavy (non-hydrogen) atoms. The van der Waals surface area contributed by atoms with Crippen molar-refractivity contribution in [3.8, 4) is 11.3 Å². The first kappa shape index (κ1) is 18.5. The number of hydrogen-bond donors (Lipinski definition) is 1. The van der Waals surface area contributed by atoms with Crippen molar-refractivity contribution in [2.45, 2.75) is 39.7 Å². The zero-order valence-electron chi connectivity index (χ0n) is 15.0. The van der Waals surface area contributed by atoms with Gasteiger partial charge in [0.1, 0.15) is 6.54 Å². The summed E-state index contributed by atoms with van der Waals surface area (Å²) in [6, 6.07) is 8.40. The zero-order chi connectivity index (χ0) is 18.7. The molecular formula is C19H21N3O2S2. The van der Waals surface area contributed by atoms with Crippen molar-refractivity contribution in [1.82, 2.24) is 9.55 Å². The molecule has 0 bridgehead atoms. The molecule has 5 nitrogen and oxygen atoms in total. The van der Waals surface area contributed by atoms with Crippen molar-refractivity contribution in [3.63, 3.8) is 0 Å². The molecular weight excluding hydrogens is 366 g/mol. The van der Waals surface area contributed by atoms with Crippen LogP contribution in [-0.4, -0.2) is 15.5 Å². The molecule has 1 amide bonds. The monoisotopic (exact) mass is 387 g/mol. The van der Waals surface area contributed by atoms with E-state index in [1.807, 2.05) is 12.3 Å². The molecule has 1 atom stereocenters. The smallest absolute Gasteiger partial charge is 0.300 e. The minimum Gasteiger partial charge on any atom is -0.300 e. The van der Waals surface area contributed by atoms with Gasteiger partial charge in [-0.25, -0.2) is 4.98 Å². The highest BCUT2D eigenvalue weighted by atomic mass is 32.1. The molecule has 0 radical (unpaired) electrons. The van der Waals surface area contributed by atoms with Crippen LogP contribution in [0.15, 0.2) is 39.8 Å². The van der Waals surface area contributed by atoms with E-state index in [4.69, 9.17) is 0 Å². The Morgan fingerprint density at radius 3 is 2.58 bits per heavy atom. The van der Waals surface area contributed by atoms with Crippen molar-refractivity contribution in [2.24, 2.45) is 0 Å². The molecule has 0 unspecified atom stereocenters. The van der Waals surface area contributed by atoms with E-state index < -0.39 is 0 Å². The quantitative estimate of drug-likeness (QED) is 0.677. The molecule has 1 N–H and O–H groups in total. The van der Waals surface area contributed by atoms with Crippen molar-refractivity contribution in [2.75, 3.05) is 5.32 Å². The van der Waals surface area contributed by atoms with Gasteiger partial charge in [0, 0.05) is 22.0 Å². The predicted molar refractivity (Wildman–Crippen MR) is 108 cm³/mol. The van der Waals surface area contributed by atoms with Crippen LogP contribution in [0.25, 0.3) is 11.3 Å². The molecule has 0 saturated carbocycles. The Morgan fingerprint density at radius 2 is 1.96 bits per heavy atom. The van der Waals surface area contributed by atoms with Gasteiger partial charge in [0.25, 0.3) is 0 Å². The number of hydrogen-bond acceptors (Lipinski definition) is 5. The second kappa shape index (κ2) is 7.97. The molecule has 0 aliphatic carbocycles. The Bertz CT molecular complexity index is 954. The number of anilines is 1. The lowest BCUT2D eigenvalue weighted by molar-refractivity contribution is -0.116. The minimum atomic E-state index is -0.249. The molecule has 0 spiro atoms. The van der Waals surface area contributed by atoms with Gasteiger partial charge in [-0.05, 0) is 24.8 Å². The van der Waals surface area contributed by atoms with Gasteiger partial charge < -0.3 is 5.32 Å². The fourth-order valence-corrected chi connectivity index (χ4v) is 4.05. The first-order chi connectivity index (χ1) is 12.5. The molecule has 1 aromatic carbocycles. The third-order valence-electron chi connectivity index (χ3n) is 4.42. The Morgan fingerprint density at radius 1 is 1.23 bits per heavy atom. The Kier molecular flexibility index (Phi) is 5.68. The van der Waals surface area contributed by atoms with Crippen molar-refractivity contribution in [3.05, 3.63) is 56.0 Å².